The van der Waals surface area contributed by atoms with Crippen LogP contribution in [0.15, 0.2) is 48.5 Å². The Morgan fingerprint density at radius 3 is 2.52 bits per heavy atom. The Labute approximate surface area is 121 Å². The summed E-state index contributed by atoms with van der Waals surface area (Å²) in [6, 6.07) is 10.2. The van der Waals surface area contributed by atoms with Crippen LogP contribution in [-0.2, 0) is 11.3 Å². The molecule has 0 aliphatic carbocycles. The summed E-state index contributed by atoms with van der Waals surface area (Å²) >= 11 is 0. The average molecular weight is 288 g/mol. The molecule has 0 aliphatic rings. The Morgan fingerprint density at radius 1 is 1.14 bits per heavy atom. The molecule has 0 aromatic heterocycles. The van der Waals surface area contributed by atoms with Crippen LogP contribution in [0.2, 0.25) is 0 Å². The lowest BCUT2D eigenvalue weighted by Crippen LogP contribution is -2.20. The molecule has 3 N–H and O–H groups in total. The van der Waals surface area contributed by atoms with Crippen LogP contribution in [0.3, 0.4) is 0 Å². The van der Waals surface area contributed by atoms with E-state index in [2.05, 4.69) is 5.32 Å². The summed E-state index contributed by atoms with van der Waals surface area (Å²) in [6.45, 7) is -0.00295. The first-order valence-corrected chi connectivity index (χ1v) is 6.30. The lowest BCUT2D eigenvalue weighted by atomic mass is 10.2. The number of rotatable bonds is 4. The number of anilines is 1. The van der Waals surface area contributed by atoms with Crippen LogP contribution in [-0.4, -0.2) is 5.91 Å². The molecule has 0 saturated carbocycles. The Hall–Kier alpha value is -2.69. The highest BCUT2D eigenvalue weighted by Gasteiger charge is 2.04. The highest BCUT2D eigenvalue weighted by Crippen LogP contribution is 2.09. The van der Waals surface area contributed by atoms with Crippen LogP contribution in [0.25, 0.3) is 6.08 Å². The van der Waals surface area contributed by atoms with Gasteiger partial charge in [-0.05, 0) is 29.8 Å². The summed E-state index contributed by atoms with van der Waals surface area (Å²) < 4.78 is 26.1. The van der Waals surface area contributed by atoms with Crippen molar-refractivity contribution in [2.45, 2.75) is 6.54 Å². The second-order valence-corrected chi connectivity index (χ2v) is 4.45. The van der Waals surface area contributed by atoms with E-state index in [-0.39, 0.29) is 18.0 Å². The Morgan fingerprint density at radius 2 is 1.86 bits per heavy atom. The predicted molar refractivity (Wildman–Crippen MR) is 78.1 cm³/mol. The fourth-order valence-electron chi connectivity index (χ4n) is 1.69. The van der Waals surface area contributed by atoms with Crippen molar-refractivity contribution in [3.63, 3.8) is 0 Å². The van der Waals surface area contributed by atoms with Crippen LogP contribution in [0.5, 0.6) is 0 Å². The van der Waals surface area contributed by atoms with Gasteiger partial charge < -0.3 is 11.1 Å². The second kappa shape index (κ2) is 6.65. The van der Waals surface area contributed by atoms with Gasteiger partial charge in [0.2, 0.25) is 5.91 Å². The van der Waals surface area contributed by atoms with Gasteiger partial charge in [0.15, 0.2) is 0 Å². The van der Waals surface area contributed by atoms with Crippen molar-refractivity contribution in [1.82, 2.24) is 5.32 Å². The Bertz CT molecular complexity index is 666. The molecule has 2 aromatic carbocycles. The van der Waals surface area contributed by atoms with Crippen molar-refractivity contribution in [3.8, 4) is 0 Å². The van der Waals surface area contributed by atoms with Crippen LogP contribution in [0.1, 0.15) is 11.1 Å². The summed E-state index contributed by atoms with van der Waals surface area (Å²) in [5.41, 5.74) is 7.25. The minimum atomic E-state index is -0.683. The van der Waals surface area contributed by atoms with Crippen molar-refractivity contribution in [1.29, 1.82) is 0 Å². The highest BCUT2D eigenvalue weighted by atomic mass is 19.1. The number of nitrogens with two attached hydrogens (primary N) is 1. The van der Waals surface area contributed by atoms with Crippen LogP contribution < -0.4 is 11.1 Å². The van der Waals surface area contributed by atoms with E-state index >= 15 is 0 Å². The molecule has 0 aliphatic heterocycles. The third-order valence-electron chi connectivity index (χ3n) is 2.83. The zero-order valence-corrected chi connectivity index (χ0v) is 11.1. The van der Waals surface area contributed by atoms with E-state index in [4.69, 9.17) is 5.73 Å². The number of carbonyl (C=O) groups excluding carboxylic acids is 1. The largest absolute Gasteiger partial charge is 0.399 e. The molecule has 0 heterocycles. The van der Waals surface area contributed by atoms with E-state index in [1.165, 1.54) is 12.1 Å². The van der Waals surface area contributed by atoms with Crippen LogP contribution in [0.4, 0.5) is 14.5 Å². The van der Waals surface area contributed by atoms with Crippen molar-refractivity contribution >= 4 is 17.7 Å². The smallest absolute Gasteiger partial charge is 0.244 e. The zero-order chi connectivity index (χ0) is 15.2. The zero-order valence-electron chi connectivity index (χ0n) is 11.1. The molecule has 0 fully saturated rings. The highest BCUT2D eigenvalue weighted by molar-refractivity contribution is 5.91. The number of hydrogen-bond donors (Lipinski definition) is 2. The van der Waals surface area contributed by atoms with Gasteiger partial charge in [0.05, 0.1) is 0 Å². The van der Waals surface area contributed by atoms with E-state index in [0.717, 1.165) is 17.7 Å². The fraction of sp³-hybridized carbons (Fsp3) is 0.0625. The van der Waals surface area contributed by atoms with Crippen molar-refractivity contribution < 1.29 is 13.6 Å². The molecule has 1 amide bonds. The molecule has 0 saturated heterocycles. The minimum Gasteiger partial charge on any atom is -0.399 e. The SMILES string of the molecule is Nc1ccc(/C=C/C(=O)NCc2ccc(F)cc2F)cc1. The predicted octanol–water partition coefficient (Wildman–Crippen LogP) is 2.88. The molecule has 0 unspecified atom stereocenters. The molecule has 0 radical (unpaired) electrons. The van der Waals surface area contributed by atoms with Crippen LogP contribution in [0, 0.1) is 11.6 Å². The second-order valence-electron chi connectivity index (χ2n) is 4.45. The molecule has 3 nitrogen and oxygen atoms in total. The molecule has 108 valence electrons. The first kappa shape index (κ1) is 14.7. The number of nitrogen functional groups attached to an aromatic ring is 1. The topological polar surface area (TPSA) is 55.1 Å². The van der Waals surface area contributed by atoms with Gasteiger partial charge in [-0.15, -0.1) is 0 Å². The minimum absolute atomic E-state index is 0.00295. The molecule has 21 heavy (non-hydrogen) atoms. The number of amides is 1. The van der Waals surface area contributed by atoms with Crippen LogP contribution >= 0.6 is 0 Å². The lowest BCUT2D eigenvalue weighted by Gasteiger charge is -2.04. The van der Waals surface area contributed by atoms with Crippen molar-refractivity contribution in [3.05, 3.63) is 71.3 Å². The maximum absolute atomic E-state index is 13.4. The number of benzene rings is 2. The molecule has 0 spiro atoms. The quantitative estimate of drug-likeness (QED) is 0.671. The average Bonchev–Trinajstić information content (AvgIpc) is 2.46. The Kier molecular flexibility index (Phi) is 4.66. The molecular formula is C16H14F2N2O. The molecule has 5 heteroatoms. The van der Waals surface area contributed by atoms with Gasteiger partial charge in [-0.2, -0.15) is 0 Å². The van der Waals surface area contributed by atoms with Gasteiger partial charge in [-0.3, -0.25) is 4.79 Å². The third kappa shape index (κ3) is 4.42. The number of hydrogen-bond acceptors (Lipinski definition) is 2. The maximum atomic E-state index is 13.4. The molecule has 0 bridgehead atoms. The normalized spacial score (nSPS) is 10.8. The summed E-state index contributed by atoms with van der Waals surface area (Å²) in [7, 11) is 0. The monoisotopic (exact) mass is 288 g/mol. The third-order valence-corrected chi connectivity index (χ3v) is 2.83. The van der Waals surface area contributed by atoms with Gasteiger partial charge in [0.1, 0.15) is 11.6 Å². The number of carbonyl (C=O) groups is 1. The summed E-state index contributed by atoms with van der Waals surface area (Å²) in [4.78, 5) is 11.6. The number of nitrogens with one attached hydrogen (secondary N) is 1. The maximum Gasteiger partial charge on any atom is 0.244 e. The standard InChI is InChI=1S/C16H14F2N2O/c17-13-5-4-12(15(18)9-13)10-20-16(21)8-3-11-1-6-14(19)7-2-11/h1-9H,10,19H2,(H,20,21)/b8-3+. The van der Waals surface area contributed by atoms with E-state index in [9.17, 15) is 13.6 Å². The van der Waals surface area contributed by atoms with Gasteiger partial charge in [0, 0.05) is 29.9 Å². The van der Waals surface area contributed by atoms with Crippen molar-refractivity contribution in [2.75, 3.05) is 5.73 Å². The Balaban J connectivity index is 1.91. The molecule has 2 aromatic rings. The summed E-state index contributed by atoms with van der Waals surface area (Å²) in [6.07, 6.45) is 2.96. The summed E-state index contributed by atoms with van der Waals surface area (Å²) in [5.74, 6) is -1.70. The molecule has 0 atom stereocenters. The van der Waals surface area contributed by atoms with E-state index < -0.39 is 11.6 Å². The van der Waals surface area contributed by atoms with Gasteiger partial charge in [-0.1, -0.05) is 18.2 Å². The van der Waals surface area contributed by atoms with Crippen molar-refractivity contribution in [2.24, 2.45) is 0 Å². The van der Waals surface area contributed by atoms with Gasteiger partial charge >= 0.3 is 0 Å². The van der Waals surface area contributed by atoms with E-state index in [1.807, 2.05) is 0 Å². The van der Waals surface area contributed by atoms with E-state index in [0.29, 0.717) is 5.69 Å². The van der Waals surface area contributed by atoms with E-state index in [1.54, 1.807) is 30.3 Å². The first-order valence-electron chi connectivity index (χ1n) is 6.30. The lowest BCUT2D eigenvalue weighted by molar-refractivity contribution is -0.116. The number of halogens is 2. The van der Waals surface area contributed by atoms with Gasteiger partial charge in [0.25, 0.3) is 0 Å². The molecule has 2 rings (SSSR count). The fourth-order valence-corrected chi connectivity index (χ4v) is 1.69. The van der Waals surface area contributed by atoms with Gasteiger partial charge in [-0.25, -0.2) is 8.78 Å². The first-order chi connectivity index (χ1) is 10.0. The molecular weight excluding hydrogens is 274 g/mol. The summed E-state index contributed by atoms with van der Waals surface area (Å²) in [5, 5.41) is 2.53.